The summed E-state index contributed by atoms with van der Waals surface area (Å²) in [5.41, 5.74) is -0.559. The van der Waals surface area contributed by atoms with E-state index in [0.29, 0.717) is 0 Å². The van der Waals surface area contributed by atoms with Gasteiger partial charge in [-0.1, -0.05) is 32.6 Å². The van der Waals surface area contributed by atoms with Crippen LogP contribution in [0.2, 0.25) is 0 Å². The SMILES string of the molecule is CCCC(C)(CN1CCC2CCCCC2C1)C(=O)O. The van der Waals surface area contributed by atoms with E-state index in [9.17, 15) is 9.90 Å². The monoisotopic (exact) mass is 267 g/mol. The third-order valence-electron chi connectivity index (χ3n) is 5.27. The molecule has 1 N–H and O–H groups in total. The molecule has 3 nitrogen and oxygen atoms in total. The summed E-state index contributed by atoms with van der Waals surface area (Å²) in [6.45, 7) is 6.98. The van der Waals surface area contributed by atoms with Crippen molar-refractivity contribution in [3.63, 3.8) is 0 Å². The maximum Gasteiger partial charge on any atom is 0.310 e. The summed E-state index contributed by atoms with van der Waals surface area (Å²) in [6.07, 6.45) is 8.56. The first-order chi connectivity index (χ1) is 9.05. The molecule has 19 heavy (non-hydrogen) atoms. The number of hydrogen-bond donors (Lipinski definition) is 1. The predicted octanol–water partition coefficient (Wildman–Crippen LogP) is 3.39. The minimum atomic E-state index is -0.625. The van der Waals surface area contributed by atoms with Gasteiger partial charge in [0.15, 0.2) is 0 Å². The highest BCUT2D eigenvalue weighted by atomic mass is 16.4. The van der Waals surface area contributed by atoms with E-state index in [1.165, 1.54) is 32.1 Å². The quantitative estimate of drug-likeness (QED) is 0.830. The number of carboxylic acid groups (broad SMARTS) is 1. The number of nitrogens with zero attached hydrogens (tertiary/aromatic N) is 1. The molecule has 110 valence electrons. The maximum atomic E-state index is 11.5. The Morgan fingerprint density at radius 3 is 2.58 bits per heavy atom. The van der Waals surface area contributed by atoms with Crippen LogP contribution in [0.15, 0.2) is 0 Å². The van der Waals surface area contributed by atoms with E-state index in [0.717, 1.165) is 44.3 Å². The zero-order chi connectivity index (χ0) is 13.9. The van der Waals surface area contributed by atoms with Crippen molar-refractivity contribution in [1.82, 2.24) is 4.90 Å². The molecule has 1 saturated carbocycles. The van der Waals surface area contributed by atoms with Gasteiger partial charge in [0.1, 0.15) is 0 Å². The lowest BCUT2D eigenvalue weighted by Crippen LogP contribution is -2.48. The highest BCUT2D eigenvalue weighted by molar-refractivity contribution is 5.74. The number of hydrogen-bond acceptors (Lipinski definition) is 2. The van der Waals surface area contributed by atoms with Gasteiger partial charge in [-0.2, -0.15) is 0 Å². The molecule has 0 aromatic carbocycles. The number of fused-ring (bicyclic) bond motifs is 1. The van der Waals surface area contributed by atoms with Crippen molar-refractivity contribution < 1.29 is 9.90 Å². The van der Waals surface area contributed by atoms with E-state index in [1.54, 1.807) is 0 Å². The number of piperidine rings is 1. The number of carbonyl (C=O) groups is 1. The van der Waals surface area contributed by atoms with Gasteiger partial charge < -0.3 is 10.0 Å². The third kappa shape index (κ3) is 3.50. The van der Waals surface area contributed by atoms with E-state index in [2.05, 4.69) is 11.8 Å². The van der Waals surface area contributed by atoms with E-state index in [-0.39, 0.29) is 0 Å². The Bertz CT molecular complexity index is 318. The molecule has 3 unspecified atom stereocenters. The first-order valence-corrected chi connectivity index (χ1v) is 8.01. The van der Waals surface area contributed by atoms with Gasteiger partial charge in [0, 0.05) is 13.1 Å². The van der Waals surface area contributed by atoms with Gasteiger partial charge in [0.25, 0.3) is 0 Å². The fourth-order valence-electron chi connectivity index (χ4n) is 4.12. The zero-order valence-electron chi connectivity index (χ0n) is 12.5. The van der Waals surface area contributed by atoms with Crippen LogP contribution in [0.25, 0.3) is 0 Å². The lowest BCUT2D eigenvalue weighted by Gasteiger charge is -2.43. The molecule has 2 fully saturated rings. The summed E-state index contributed by atoms with van der Waals surface area (Å²) >= 11 is 0. The Morgan fingerprint density at radius 2 is 1.95 bits per heavy atom. The Morgan fingerprint density at radius 1 is 1.26 bits per heavy atom. The van der Waals surface area contributed by atoms with Crippen molar-refractivity contribution >= 4 is 5.97 Å². The highest BCUT2D eigenvalue weighted by Gasteiger charge is 2.38. The number of carboxylic acids is 1. The van der Waals surface area contributed by atoms with Crippen LogP contribution in [0.3, 0.4) is 0 Å². The average Bonchev–Trinajstić information content (AvgIpc) is 2.38. The second-order valence-corrected chi connectivity index (χ2v) is 6.94. The van der Waals surface area contributed by atoms with Crippen molar-refractivity contribution in [2.75, 3.05) is 19.6 Å². The molecule has 2 aliphatic rings. The van der Waals surface area contributed by atoms with Gasteiger partial charge in [-0.3, -0.25) is 4.79 Å². The second-order valence-electron chi connectivity index (χ2n) is 6.94. The number of likely N-dealkylation sites (tertiary alicyclic amines) is 1. The van der Waals surface area contributed by atoms with E-state index in [1.807, 2.05) is 6.92 Å². The van der Waals surface area contributed by atoms with Crippen molar-refractivity contribution in [1.29, 1.82) is 0 Å². The topological polar surface area (TPSA) is 40.5 Å². The molecule has 2 rings (SSSR count). The molecule has 0 amide bonds. The predicted molar refractivity (Wildman–Crippen MR) is 77.2 cm³/mol. The molecular formula is C16H29NO2. The molecule has 1 saturated heterocycles. The van der Waals surface area contributed by atoms with Gasteiger partial charge >= 0.3 is 5.97 Å². The molecular weight excluding hydrogens is 238 g/mol. The van der Waals surface area contributed by atoms with Crippen molar-refractivity contribution in [3.8, 4) is 0 Å². The summed E-state index contributed by atoms with van der Waals surface area (Å²) in [6, 6.07) is 0. The van der Waals surface area contributed by atoms with Crippen LogP contribution in [0.5, 0.6) is 0 Å². The Kier molecular flexibility index (Phi) is 4.88. The molecule has 3 heteroatoms. The van der Waals surface area contributed by atoms with Crippen LogP contribution in [0.4, 0.5) is 0 Å². The third-order valence-corrected chi connectivity index (χ3v) is 5.27. The van der Waals surface area contributed by atoms with Crippen LogP contribution >= 0.6 is 0 Å². The Balaban J connectivity index is 1.93. The van der Waals surface area contributed by atoms with Gasteiger partial charge in [0.05, 0.1) is 5.41 Å². The lowest BCUT2D eigenvalue weighted by molar-refractivity contribution is -0.150. The van der Waals surface area contributed by atoms with E-state index >= 15 is 0 Å². The van der Waals surface area contributed by atoms with Crippen LogP contribution in [-0.2, 0) is 4.79 Å². The van der Waals surface area contributed by atoms with Crippen molar-refractivity contribution in [3.05, 3.63) is 0 Å². The summed E-state index contributed by atoms with van der Waals surface area (Å²) < 4.78 is 0. The summed E-state index contributed by atoms with van der Waals surface area (Å²) in [7, 11) is 0. The second kappa shape index (κ2) is 6.25. The minimum absolute atomic E-state index is 0.559. The van der Waals surface area contributed by atoms with Crippen LogP contribution < -0.4 is 0 Å². The van der Waals surface area contributed by atoms with Gasteiger partial charge in [0.2, 0.25) is 0 Å². The number of rotatable bonds is 5. The van der Waals surface area contributed by atoms with E-state index in [4.69, 9.17) is 0 Å². The normalized spacial score (nSPS) is 31.5. The first-order valence-electron chi connectivity index (χ1n) is 8.01. The van der Waals surface area contributed by atoms with E-state index < -0.39 is 11.4 Å². The van der Waals surface area contributed by atoms with Gasteiger partial charge in [-0.15, -0.1) is 0 Å². The maximum absolute atomic E-state index is 11.5. The lowest BCUT2D eigenvalue weighted by atomic mass is 9.74. The molecule has 0 bridgehead atoms. The molecule has 3 atom stereocenters. The van der Waals surface area contributed by atoms with Gasteiger partial charge in [-0.25, -0.2) is 0 Å². The fraction of sp³-hybridized carbons (Fsp3) is 0.938. The summed E-state index contributed by atoms with van der Waals surface area (Å²) in [5, 5.41) is 9.50. The van der Waals surface area contributed by atoms with Crippen molar-refractivity contribution in [2.45, 2.75) is 58.8 Å². The largest absolute Gasteiger partial charge is 0.481 e. The molecule has 1 aliphatic carbocycles. The summed E-state index contributed by atoms with van der Waals surface area (Å²) in [5.74, 6) is 1.13. The molecule has 0 aromatic rings. The molecule has 0 spiro atoms. The highest BCUT2D eigenvalue weighted by Crippen LogP contribution is 2.37. The van der Waals surface area contributed by atoms with Crippen molar-refractivity contribution in [2.24, 2.45) is 17.3 Å². The smallest absolute Gasteiger partial charge is 0.310 e. The Hall–Kier alpha value is -0.570. The molecule has 0 radical (unpaired) electrons. The van der Waals surface area contributed by atoms with Gasteiger partial charge in [-0.05, 0) is 44.6 Å². The van der Waals surface area contributed by atoms with Crippen LogP contribution in [0, 0.1) is 17.3 Å². The summed E-state index contributed by atoms with van der Waals surface area (Å²) in [4.78, 5) is 14.0. The Labute approximate surface area is 117 Å². The standard InChI is InChI=1S/C16H29NO2/c1-3-9-16(2,15(18)19)12-17-10-8-13-6-4-5-7-14(13)11-17/h13-14H,3-12H2,1-2H3,(H,18,19). The van der Waals surface area contributed by atoms with Crippen LogP contribution in [0.1, 0.15) is 58.8 Å². The molecule has 1 aliphatic heterocycles. The fourth-order valence-corrected chi connectivity index (χ4v) is 4.12. The molecule has 0 aromatic heterocycles. The first kappa shape index (κ1) is 14.8. The average molecular weight is 267 g/mol. The zero-order valence-corrected chi connectivity index (χ0v) is 12.5. The molecule has 1 heterocycles. The minimum Gasteiger partial charge on any atom is -0.481 e. The number of aliphatic carboxylic acids is 1. The van der Waals surface area contributed by atoms with Crippen LogP contribution in [-0.4, -0.2) is 35.6 Å².